The van der Waals surface area contributed by atoms with Crippen LogP contribution in [0.1, 0.15) is 41.5 Å². The number of aliphatic hydroxyl groups is 1. The lowest BCUT2D eigenvalue weighted by Gasteiger charge is -2.49. The number of nitrogens with one attached hydrogen (secondary N) is 1. The summed E-state index contributed by atoms with van der Waals surface area (Å²) in [4.78, 5) is 9.97. The Morgan fingerprint density at radius 1 is 1.22 bits per heavy atom. The molecule has 2 aliphatic heterocycles. The van der Waals surface area contributed by atoms with Crippen molar-refractivity contribution in [3.8, 4) is 0 Å². The summed E-state index contributed by atoms with van der Waals surface area (Å²) in [5, 5.41) is 10.7. The molecule has 2 aliphatic rings. The Morgan fingerprint density at radius 3 is 2.59 bits per heavy atom. The molecule has 1 spiro atoms. The molecule has 1 aromatic carbocycles. The molecule has 0 unspecified atom stereocenters. The smallest absolute Gasteiger partial charge is 0.387 e. The number of benzene rings is 1. The van der Waals surface area contributed by atoms with Crippen molar-refractivity contribution >= 4 is 0 Å². The van der Waals surface area contributed by atoms with Gasteiger partial charge in [0.05, 0.1) is 29.2 Å². The van der Waals surface area contributed by atoms with Crippen LogP contribution in [-0.2, 0) is 22.9 Å². The number of aromatic amines is 1. The van der Waals surface area contributed by atoms with Crippen molar-refractivity contribution in [2.45, 2.75) is 37.1 Å². The van der Waals surface area contributed by atoms with Gasteiger partial charge in [-0.2, -0.15) is 13.2 Å². The van der Waals surface area contributed by atoms with Crippen molar-refractivity contribution in [2.75, 3.05) is 26.3 Å². The van der Waals surface area contributed by atoms with Gasteiger partial charge in [-0.25, -0.2) is 4.98 Å². The van der Waals surface area contributed by atoms with Crippen LogP contribution < -0.4 is 0 Å². The predicted octanol–water partition coefficient (Wildman–Crippen LogP) is 3.03. The van der Waals surface area contributed by atoms with E-state index in [0.717, 1.165) is 49.3 Å². The van der Waals surface area contributed by atoms with Crippen molar-refractivity contribution in [3.05, 3.63) is 53.1 Å². The highest BCUT2D eigenvalue weighted by atomic mass is 19.4. The first-order valence-electron chi connectivity index (χ1n) is 9.11. The minimum absolute atomic E-state index is 0.293. The summed E-state index contributed by atoms with van der Waals surface area (Å²) in [7, 11) is 0. The van der Waals surface area contributed by atoms with Gasteiger partial charge in [-0.15, -0.1) is 0 Å². The minimum Gasteiger partial charge on any atom is -0.387 e. The van der Waals surface area contributed by atoms with Gasteiger partial charge in [-0.1, -0.05) is 12.1 Å². The van der Waals surface area contributed by atoms with E-state index in [-0.39, 0.29) is 5.54 Å². The highest BCUT2D eigenvalue weighted by Crippen LogP contribution is 2.42. The number of ether oxygens (including phenoxy) is 1. The van der Waals surface area contributed by atoms with Crippen molar-refractivity contribution in [1.82, 2.24) is 14.9 Å². The maximum Gasteiger partial charge on any atom is 0.416 e. The summed E-state index contributed by atoms with van der Waals surface area (Å²) in [6.07, 6.45) is -1.17. The van der Waals surface area contributed by atoms with E-state index in [1.54, 1.807) is 6.33 Å². The maximum atomic E-state index is 12.7. The second-order valence-corrected chi connectivity index (χ2v) is 7.21. The van der Waals surface area contributed by atoms with E-state index >= 15 is 0 Å². The fourth-order valence-corrected chi connectivity index (χ4v) is 4.26. The van der Waals surface area contributed by atoms with Crippen LogP contribution >= 0.6 is 0 Å². The molecule has 146 valence electrons. The molecule has 0 aliphatic carbocycles. The number of fused-ring (bicyclic) bond motifs is 2. The Balaban J connectivity index is 1.56. The lowest BCUT2D eigenvalue weighted by atomic mass is 9.80. The summed E-state index contributed by atoms with van der Waals surface area (Å²) < 4.78 is 43.8. The Hall–Kier alpha value is -1.90. The molecule has 2 aromatic rings. The van der Waals surface area contributed by atoms with Gasteiger partial charge in [-0.3, -0.25) is 4.90 Å². The van der Waals surface area contributed by atoms with Crippen LogP contribution in [0.15, 0.2) is 30.6 Å². The highest BCUT2D eigenvalue weighted by Gasteiger charge is 2.46. The van der Waals surface area contributed by atoms with E-state index in [9.17, 15) is 18.3 Å². The average Bonchev–Trinajstić information content (AvgIpc) is 3.14. The summed E-state index contributed by atoms with van der Waals surface area (Å²) in [5.74, 6) is 0. The molecule has 0 amide bonds. The summed E-state index contributed by atoms with van der Waals surface area (Å²) in [6, 6.07) is 4.75. The van der Waals surface area contributed by atoms with Crippen LogP contribution in [0.5, 0.6) is 0 Å². The Bertz CT molecular complexity index is 782. The van der Waals surface area contributed by atoms with Crippen LogP contribution in [0.4, 0.5) is 13.2 Å². The number of alkyl halides is 3. The number of nitrogens with zero attached hydrogens (tertiary/aromatic N) is 2. The van der Waals surface area contributed by atoms with E-state index in [4.69, 9.17) is 4.74 Å². The number of rotatable bonds is 3. The van der Waals surface area contributed by atoms with Crippen LogP contribution in [-0.4, -0.2) is 46.3 Å². The molecule has 1 saturated heterocycles. The number of hydrogen-bond donors (Lipinski definition) is 2. The number of aliphatic hydroxyl groups excluding tert-OH is 1. The normalized spacial score (nSPS) is 21.2. The van der Waals surface area contributed by atoms with Crippen LogP contribution in [0.25, 0.3) is 0 Å². The number of halogens is 3. The molecule has 0 saturated carbocycles. The molecule has 0 radical (unpaired) electrons. The number of imidazole rings is 1. The highest BCUT2D eigenvalue weighted by molar-refractivity contribution is 5.28. The molecule has 1 aromatic heterocycles. The third-order valence-electron chi connectivity index (χ3n) is 5.73. The standard InChI is InChI=1S/C19H22F3N3O2/c20-19(21,22)14-3-1-13(2-4-14)16(26)11-25-8-5-15-17(24-12-23-15)18(25)6-9-27-10-7-18/h1-4,12,16,26H,5-11H2,(H,23,24)/t16-/m0/s1. The van der Waals surface area contributed by atoms with Gasteiger partial charge in [0.1, 0.15) is 0 Å². The molecule has 5 nitrogen and oxygen atoms in total. The van der Waals surface area contributed by atoms with Crippen molar-refractivity contribution < 1.29 is 23.0 Å². The van der Waals surface area contributed by atoms with Crippen LogP contribution in [0.3, 0.4) is 0 Å². The predicted molar refractivity (Wildman–Crippen MR) is 92.0 cm³/mol. The number of hydrogen-bond acceptors (Lipinski definition) is 4. The van der Waals surface area contributed by atoms with Gasteiger partial charge in [0.25, 0.3) is 0 Å². The van der Waals surface area contributed by atoms with E-state index in [1.807, 2.05) is 0 Å². The topological polar surface area (TPSA) is 61.4 Å². The number of aromatic nitrogens is 2. The SMILES string of the molecule is O[C@@H](CN1CCc2[nH]cnc2C12CCOCC2)c1ccc(C(F)(F)F)cc1. The molecule has 4 rings (SSSR count). The third-order valence-corrected chi connectivity index (χ3v) is 5.73. The van der Waals surface area contributed by atoms with E-state index < -0.39 is 17.8 Å². The van der Waals surface area contributed by atoms with Gasteiger partial charge in [0, 0.05) is 38.4 Å². The second-order valence-electron chi connectivity index (χ2n) is 7.21. The van der Waals surface area contributed by atoms with Gasteiger partial charge in [0.15, 0.2) is 0 Å². The first-order chi connectivity index (χ1) is 12.9. The van der Waals surface area contributed by atoms with Gasteiger partial charge < -0.3 is 14.8 Å². The largest absolute Gasteiger partial charge is 0.416 e. The quantitative estimate of drug-likeness (QED) is 0.858. The molecule has 1 fully saturated rings. The summed E-state index contributed by atoms with van der Waals surface area (Å²) >= 11 is 0. The summed E-state index contributed by atoms with van der Waals surface area (Å²) in [6.45, 7) is 2.35. The first kappa shape index (κ1) is 18.5. The maximum absolute atomic E-state index is 12.7. The zero-order chi connectivity index (χ0) is 19.1. The van der Waals surface area contributed by atoms with Crippen molar-refractivity contribution in [2.24, 2.45) is 0 Å². The average molecular weight is 381 g/mol. The van der Waals surface area contributed by atoms with Gasteiger partial charge >= 0.3 is 6.18 Å². The first-order valence-corrected chi connectivity index (χ1v) is 9.11. The molecule has 1 atom stereocenters. The molecular weight excluding hydrogens is 359 g/mol. The van der Waals surface area contributed by atoms with E-state index in [1.165, 1.54) is 12.1 Å². The Morgan fingerprint density at radius 2 is 1.93 bits per heavy atom. The number of H-pyrrole nitrogens is 1. The minimum atomic E-state index is -4.38. The fourth-order valence-electron chi connectivity index (χ4n) is 4.26. The monoisotopic (exact) mass is 381 g/mol. The van der Waals surface area contributed by atoms with Crippen LogP contribution in [0, 0.1) is 0 Å². The fraction of sp³-hybridized carbons (Fsp3) is 0.526. The Kier molecular flexibility index (Phi) is 4.73. The lowest BCUT2D eigenvalue weighted by Crippen LogP contribution is -2.54. The zero-order valence-electron chi connectivity index (χ0n) is 14.8. The summed E-state index contributed by atoms with van der Waals surface area (Å²) in [5.41, 5.74) is 1.61. The van der Waals surface area contributed by atoms with Gasteiger partial charge in [0.2, 0.25) is 0 Å². The lowest BCUT2D eigenvalue weighted by molar-refractivity contribution is -0.137. The molecule has 3 heterocycles. The molecule has 27 heavy (non-hydrogen) atoms. The molecule has 2 N–H and O–H groups in total. The van der Waals surface area contributed by atoms with Crippen molar-refractivity contribution in [1.29, 1.82) is 0 Å². The third kappa shape index (κ3) is 3.37. The zero-order valence-corrected chi connectivity index (χ0v) is 14.8. The molecule has 0 bridgehead atoms. The Labute approximate surface area is 155 Å². The van der Waals surface area contributed by atoms with Crippen LogP contribution in [0.2, 0.25) is 0 Å². The van der Waals surface area contributed by atoms with Crippen molar-refractivity contribution in [3.63, 3.8) is 0 Å². The molecule has 8 heteroatoms. The molecular formula is C19H22F3N3O2. The number of β-amino-alcohol motifs (C(OH)–C–C–N with tert-alkyl or cyclic N) is 1. The van der Waals surface area contributed by atoms with E-state index in [0.29, 0.717) is 25.3 Å². The van der Waals surface area contributed by atoms with Gasteiger partial charge in [-0.05, 0) is 30.5 Å². The van der Waals surface area contributed by atoms with E-state index in [2.05, 4.69) is 14.9 Å². The second kappa shape index (κ2) is 6.92.